The van der Waals surface area contributed by atoms with Gasteiger partial charge in [0.25, 0.3) is 0 Å². The van der Waals surface area contributed by atoms with E-state index in [4.69, 9.17) is 9.47 Å². The van der Waals surface area contributed by atoms with Crippen LogP contribution in [0.2, 0.25) is 0 Å². The van der Waals surface area contributed by atoms with Gasteiger partial charge in [-0.25, -0.2) is 0 Å². The van der Waals surface area contributed by atoms with Crippen LogP contribution < -0.4 is 0 Å². The van der Waals surface area contributed by atoms with Crippen LogP contribution in [0.1, 0.15) is 141 Å². The predicted molar refractivity (Wildman–Crippen MR) is 142 cm³/mol. The first-order valence-electron chi connectivity index (χ1n) is 16.1. The maximum atomic E-state index is 12.9. The summed E-state index contributed by atoms with van der Waals surface area (Å²) in [6.45, 7) is 0. The molecule has 5 aliphatic carbocycles. The van der Waals surface area contributed by atoms with Gasteiger partial charge in [-0.1, -0.05) is 64.2 Å². The van der Waals surface area contributed by atoms with Crippen molar-refractivity contribution in [3.63, 3.8) is 0 Å². The van der Waals surface area contributed by atoms with Gasteiger partial charge in [-0.15, -0.1) is 0 Å². The van der Waals surface area contributed by atoms with Crippen LogP contribution in [0.5, 0.6) is 0 Å². The number of hydrogen-bond acceptors (Lipinski definition) is 4. The lowest BCUT2D eigenvalue weighted by atomic mass is 9.71. The molecule has 0 aromatic heterocycles. The van der Waals surface area contributed by atoms with E-state index in [1.165, 1.54) is 89.9 Å². The molecule has 0 spiro atoms. The first-order chi connectivity index (χ1) is 17.7. The van der Waals surface area contributed by atoms with E-state index < -0.39 is 0 Å². The van der Waals surface area contributed by atoms with Crippen LogP contribution in [0, 0.1) is 35.5 Å². The van der Waals surface area contributed by atoms with Gasteiger partial charge in [0.05, 0.1) is 11.8 Å². The molecule has 0 unspecified atom stereocenters. The van der Waals surface area contributed by atoms with Crippen molar-refractivity contribution in [1.82, 2.24) is 0 Å². The Hall–Kier alpha value is -1.06. The van der Waals surface area contributed by atoms with E-state index in [1.807, 2.05) is 0 Å². The van der Waals surface area contributed by atoms with E-state index in [9.17, 15) is 9.59 Å². The molecule has 5 saturated carbocycles. The summed E-state index contributed by atoms with van der Waals surface area (Å²) in [5.41, 5.74) is 0. The summed E-state index contributed by atoms with van der Waals surface area (Å²) in [5.74, 6) is 3.72. The van der Waals surface area contributed by atoms with E-state index in [0.717, 1.165) is 75.0 Å². The molecular formula is C32H52O4. The van der Waals surface area contributed by atoms with Crippen molar-refractivity contribution in [2.24, 2.45) is 35.5 Å². The molecular weight excluding hydrogens is 448 g/mol. The van der Waals surface area contributed by atoms with Crippen LogP contribution in [0.15, 0.2) is 0 Å². The summed E-state index contributed by atoms with van der Waals surface area (Å²) in [6.07, 6.45) is 26.6. The fourth-order valence-corrected chi connectivity index (χ4v) is 8.65. The minimum absolute atomic E-state index is 0.00181. The van der Waals surface area contributed by atoms with Gasteiger partial charge in [-0.05, 0) is 101 Å². The molecule has 0 amide bonds. The Morgan fingerprint density at radius 3 is 1.08 bits per heavy atom. The molecule has 0 aliphatic heterocycles. The van der Waals surface area contributed by atoms with E-state index >= 15 is 0 Å². The molecule has 5 rings (SSSR count). The van der Waals surface area contributed by atoms with Crippen molar-refractivity contribution in [1.29, 1.82) is 0 Å². The molecule has 0 radical (unpaired) electrons. The van der Waals surface area contributed by atoms with Crippen molar-refractivity contribution in [2.45, 2.75) is 153 Å². The third-order valence-corrected chi connectivity index (χ3v) is 11.0. The van der Waals surface area contributed by atoms with E-state index in [0.29, 0.717) is 0 Å². The Morgan fingerprint density at radius 1 is 0.361 bits per heavy atom. The van der Waals surface area contributed by atoms with Gasteiger partial charge in [-0.3, -0.25) is 9.59 Å². The highest BCUT2D eigenvalue weighted by atomic mass is 16.5. The molecule has 0 aromatic carbocycles. The lowest BCUT2D eigenvalue weighted by Gasteiger charge is -2.36. The van der Waals surface area contributed by atoms with Gasteiger partial charge in [0, 0.05) is 0 Å². The van der Waals surface area contributed by atoms with Crippen LogP contribution in [0.25, 0.3) is 0 Å². The maximum Gasteiger partial charge on any atom is 0.309 e. The second-order valence-electron chi connectivity index (χ2n) is 13.3. The Balaban J connectivity index is 0.964. The molecule has 36 heavy (non-hydrogen) atoms. The summed E-state index contributed by atoms with van der Waals surface area (Å²) in [7, 11) is 0. The summed E-state index contributed by atoms with van der Waals surface area (Å²) in [4.78, 5) is 25.7. The Morgan fingerprint density at radius 2 is 0.667 bits per heavy atom. The first-order valence-corrected chi connectivity index (χ1v) is 16.1. The maximum absolute atomic E-state index is 12.9. The summed E-state index contributed by atoms with van der Waals surface area (Å²) < 4.78 is 12.0. The number of esters is 2. The average molecular weight is 501 g/mol. The third-order valence-electron chi connectivity index (χ3n) is 11.0. The molecule has 0 aromatic rings. The molecule has 0 N–H and O–H groups in total. The lowest BCUT2D eigenvalue weighted by molar-refractivity contribution is -0.162. The summed E-state index contributed by atoms with van der Waals surface area (Å²) >= 11 is 0. The number of carbonyl (C=O) groups excluding carboxylic acids is 2. The monoisotopic (exact) mass is 500 g/mol. The van der Waals surface area contributed by atoms with Crippen molar-refractivity contribution in [3.8, 4) is 0 Å². The zero-order valence-corrected chi connectivity index (χ0v) is 22.8. The van der Waals surface area contributed by atoms with Gasteiger partial charge in [0.15, 0.2) is 0 Å². The van der Waals surface area contributed by atoms with Crippen LogP contribution in [-0.2, 0) is 19.1 Å². The molecule has 4 nitrogen and oxygen atoms in total. The smallest absolute Gasteiger partial charge is 0.309 e. The first kappa shape index (κ1) is 26.5. The minimum Gasteiger partial charge on any atom is -0.462 e. The Kier molecular flexibility index (Phi) is 9.69. The number of ether oxygens (including phenoxy) is 2. The number of rotatable bonds is 6. The summed E-state index contributed by atoms with van der Waals surface area (Å²) in [5, 5.41) is 0. The van der Waals surface area contributed by atoms with E-state index in [1.54, 1.807) is 0 Å². The van der Waals surface area contributed by atoms with Crippen molar-refractivity contribution in [3.05, 3.63) is 0 Å². The van der Waals surface area contributed by atoms with Gasteiger partial charge in [-0.2, -0.15) is 0 Å². The minimum atomic E-state index is 0.00181. The largest absolute Gasteiger partial charge is 0.462 e. The van der Waals surface area contributed by atoms with Crippen LogP contribution in [0.4, 0.5) is 0 Å². The molecule has 204 valence electrons. The number of carbonyl (C=O) groups is 2. The van der Waals surface area contributed by atoms with Crippen molar-refractivity contribution >= 4 is 11.9 Å². The Labute approximate surface area is 220 Å². The lowest BCUT2D eigenvalue weighted by Crippen LogP contribution is -2.34. The topological polar surface area (TPSA) is 52.6 Å². The fourth-order valence-electron chi connectivity index (χ4n) is 8.65. The van der Waals surface area contributed by atoms with Gasteiger partial charge >= 0.3 is 11.9 Å². The molecule has 0 saturated heterocycles. The highest BCUT2D eigenvalue weighted by molar-refractivity contribution is 5.73. The van der Waals surface area contributed by atoms with Gasteiger partial charge < -0.3 is 9.47 Å². The fraction of sp³-hybridized carbons (Fsp3) is 0.938. The second-order valence-corrected chi connectivity index (χ2v) is 13.3. The van der Waals surface area contributed by atoms with Crippen LogP contribution in [-0.4, -0.2) is 24.1 Å². The predicted octanol–water partition coefficient (Wildman–Crippen LogP) is 8.16. The SMILES string of the molecule is O=C(OC1CCC(C2CCCCC2)CC1)C1CCC(OC(=O)C2CCC(C3CCCCC3)CC2)CC1. The molecule has 0 heterocycles. The average Bonchev–Trinajstić information content (AvgIpc) is 2.95. The van der Waals surface area contributed by atoms with E-state index in [2.05, 4.69) is 0 Å². The standard InChI is InChI=1S/C32H52O4/c33-31(27-13-11-25(12-14-27)23-7-3-1-4-8-23)36-30-21-17-28(18-22-30)32(34)35-29-19-15-26(16-20-29)24-9-5-2-6-10-24/h23-30H,1-22H2. The summed E-state index contributed by atoms with van der Waals surface area (Å²) in [6, 6.07) is 0. The van der Waals surface area contributed by atoms with Crippen LogP contribution >= 0.6 is 0 Å². The van der Waals surface area contributed by atoms with Crippen LogP contribution in [0.3, 0.4) is 0 Å². The third kappa shape index (κ3) is 7.07. The second kappa shape index (κ2) is 13.1. The highest BCUT2D eigenvalue weighted by Crippen LogP contribution is 2.41. The Bertz CT molecular complexity index is 683. The number of hydrogen-bond donors (Lipinski definition) is 0. The molecule has 5 aliphatic rings. The zero-order valence-electron chi connectivity index (χ0n) is 22.8. The normalized spacial score (nSPS) is 37.2. The zero-order chi connectivity index (χ0) is 24.7. The highest BCUT2D eigenvalue weighted by Gasteiger charge is 2.36. The van der Waals surface area contributed by atoms with Crippen molar-refractivity contribution < 1.29 is 19.1 Å². The van der Waals surface area contributed by atoms with E-state index in [-0.39, 0.29) is 36.0 Å². The van der Waals surface area contributed by atoms with Gasteiger partial charge in [0.1, 0.15) is 12.2 Å². The molecule has 4 heteroatoms. The van der Waals surface area contributed by atoms with Gasteiger partial charge in [0.2, 0.25) is 0 Å². The molecule has 0 atom stereocenters. The molecule has 0 bridgehead atoms. The quantitative estimate of drug-likeness (QED) is 0.345. The van der Waals surface area contributed by atoms with Crippen molar-refractivity contribution in [2.75, 3.05) is 0 Å². The molecule has 5 fully saturated rings.